The molecule has 19 heavy (non-hydrogen) atoms. The Kier molecular flexibility index (Phi) is 5.00. The van der Waals surface area contributed by atoms with E-state index in [1.165, 1.54) is 31.2 Å². The predicted octanol–water partition coefficient (Wildman–Crippen LogP) is 3.23. The van der Waals surface area contributed by atoms with E-state index in [0.717, 1.165) is 0 Å². The largest absolute Gasteiger partial charge is 0.396 e. The summed E-state index contributed by atoms with van der Waals surface area (Å²) in [4.78, 5) is 0. The molecule has 0 radical (unpaired) electrons. The van der Waals surface area contributed by atoms with E-state index in [1.54, 1.807) is 11.1 Å². The van der Waals surface area contributed by atoms with Gasteiger partial charge in [0.2, 0.25) is 0 Å². The molecule has 2 N–H and O–H groups in total. The number of benzene rings is 1. The summed E-state index contributed by atoms with van der Waals surface area (Å²) >= 11 is 0. The Hall–Kier alpha value is -0.860. The van der Waals surface area contributed by atoms with E-state index in [0.29, 0.717) is 18.0 Å². The maximum Gasteiger partial charge on any atom is 0.0471 e. The number of fused-ring (bicyclic) bond motifs is 1. The summed E-state index contributed by atoms with van der Waals surface area (Å²) in [5.41, 5.74) is 4.46. The van der Waals surface area contributed by atoms with Crippen molar-refractivity contribution in [3.05, 3.63) is 34.9 Å². The standard InChI is InChI=1S/C17H27NO/c1-12(11-19)13(2)18-14(3)16-9-8-15-6-4-5-7-17(15)10-16/h8-10,12-14,18-19H,4-7,11H2,1-3H3. The third-order valence-electron chi connectivity index (χ3n) is 4.53. The molecule has 0 heterocycles. The van der Waals surface area contributed by atoms with Gasteiger partial charge in [0.05, 0.1) is 0 Å². The molecule has 1 aliphatic rings. The van der Waals surface area contributed by atoms with Crippen molar-refractivity contribution in [1.29, 1.82) is 0 Å². The molecule has 0 bridgehead atoms. The first kappa shape index (κ1) is 14.5. The van der Waals surface area contributed by atoms with Crippen LogP contribution < -0.4 is 5.32 Å². The zero-order valence-electron chi connectivity index (χ0n) is 12.4. The third-order valence-corrected chi connectivity index (χ3v) is 4.53. The van der Waals surface area contributed by atoms with E-state index >= 15 is 0 Å². The molecule has 0 fully saturated rings. The van der Waals surface area contributed by atoms with Crippen LogP contribution in [0.5, 0.6) is 0 Å². The Balaban J connectivity index is 2.05. The van der Waals surface area contributed by atoms with Crippen molar-refractivity contribution in [2.75, 3.05) is 6.61 Å². The molecule has 0 saturated heterocycles. The molecular formula is C17H27NO. The van der Waals surface area contributed by atoms with Crippen molar-refractivity contribution < 1.29 is 5.11 Å². The van der Waals surface area contributed by atoms with Crippen molar-refractivity contribution in [2.24, 2.45) is 5.92 Å². The van der Waals surface area contributed by atoms with E-state index in [1.807, 2.05) is 0 Å². The molecule has 2 nitrogen and oxygen atoms in total. The molecule has 0 saturated carbocycles. The molecule has 1 aromatic rings. The number of nitrogens with one attached hydrogen (secondary N) is 1. The van der Waals surface area contributed by atoms with E-state index in [9.17, 15) is 5.11 Å². The zero-order valence-corrected chi connectivity index (χ0v) is 12.4. The Bertz CT molecular complexity index is 416. The lowest BCUT2D eigenvalue weighted by molar-refractivity contribution is 0.202. The van der Waals surface area contributed by atoms with Crippen molar-refractivity contribution in [3.8, 4) is 0 Å². The van der Waals surface area contributed by atoms with Crippen LogP contribution in [-0.2, 0) is 12.8 Å². The average Bonchev–Trinajstić information content (AvgIpc) is 2.45. The second-order valence-electron chi connectivity index (χ2n) is 6.07. The highest BCUT2D eigenvalue weighted by Gasteiger charge is 2.16. The van der Waals surface area contributed by atoms with Crippen LogP contribution in [0.15, 0.2) is 18.2 Å². The molecule has 0 aliphatic heterocycles. The van der Waals surface area contributed by atoms with Gasteiger partial charge in [0.15, 0.2) is 0 Å². The predicted molar refractivity (Wildman–Crippen MR) is 80.3 cm³/mol. The molecule has 0 aromatic heterocycles. The maximum absolute atomic E-state index is 9.21. The first-order valence-corrected chi connectivity index (χ1v) is 7.60. The van der Waals surface area contributed by atoms with Gasteiger partial charge in [-0.05, 0) is 62.1 Å². The van der Waals surface area contributed by atoms with Crippen LogP contribution >= 0.6 is 0 Å². The van der Waals surface area contributed by atoms with E-state index in [4.69, 9.17) is 0 Å². The molecule has 3 atom stereocenters. The molecule has 0 spiro atoms. The van der Waals surface area contributed by atoms with Gasteiger partial charge < -0.3 is 10.4 Å². The number of aryl methyl sites for hydroxylation is 2. The summed E-state index contributed by atoms with van der Waals surface area (Å²) in [5.74, 6) is 0.292. The van der Waals surface area contributed by atoms with Crippen LogP contribution in [0, 0.1) is 5.92 Å². The summed E-state index contributed by atoms with van der Waals surface area (Å²) in [6.07, 6.45) is 5.15. The van der Waals surface area contributed by atoms with Gasteiger partial charge in [0.25, 0.3) is 0 Å². The van der Waals surface area contributed by atoms with Crippen LogP contribution in [0.4, 0.5) is 0 Å². The van der Waals surface area contributed by atoms with Crippen LogP contribution in [-0.4, -0.2) is 17.8 Å². The lowest BCUT2D eigenvalue weighted by atomic mass is 9.89. The van der Waals surface area contributed by atoms with Crippen LogP contribution in [0.2, 0.25) is 0 Å². The highest BCUT2D eigenvalue weighted by molar-refractivity contribution is 5.35. The van der Waals surface area contributed by atoms with E-state index < -0.39 is 0 Å². The summed E-state index contributed by atoms with van der Waals surface area (Å²) in [6, 6.07) is 7.62. The second kappa shape index (κ2) is 6.53. The first-order chi connectivity index (χ1) is 9.11. The van der Waals surface area contributed by atoms with Gasteiger partial charge in [-0.25, -0.2) is 0 Å². The van der Waals surface area contributed by atoms with Gasteiger partial charge in [-0.15, -0.1) is 0 Å². The molecular weight excluding hydrogens is 234 g/mol. The Morgan fingerprint density at radius 2 is 1.79 bits per heavy atom. The highest BCUT2D eigenvalue weighted by Crippen LogP contribution is 2.25. The second-order valence-corrected chi connectivity index (χ2v) is 6.07. The zero-order chi connectivity index (χ0) is 13.8. The number of hydrogen-bond acceptors (Lipinski definition) is 2. The smallest absolute Gasteiger partial charge is 0.0471 e. The fourth-order valence-electron chi connectivity index (χ4n) is 2.84. The Labute approximate surface area is 117 Å². The summed E-state index contributed by atoms with van der Waals surface area (Å²) in [6.45, 7) is 6.68. The number of hydrogen-bond donors (Lipinski definition) is 2. The fraction of sp³-hybridized carbons (Fsp3) is 0.647. The minimum Gasteiger partial charge on any atom is -0.396 e. The molecule has 2 rings (SSSR count). The molecule has 0 amide bonds. The summed E-state index contributed by atoms with van der Waals surface area (Å²) in [5, 5.41) is 12.8. The average molecular weight is 261 g/mol. The Morgan fingerprint density at radius 3 is 2.47 bits per heavy atom. The van der Waals surface area contributed by atoms with Crippen molar-refractivity contribution in [3.63, 3.8) is 0 Å². The van der Waals surface area contributed by atoms with E-state index in [-0.39, 0.29) is 6.61 Å². The maximum atomic E-state index is 9.21. The van der Waals surface area contributed by atoms with E-state index in [2.05, 4.69) is 44.3 Å². The Morgan fingerprint density at radius 1 is 1.11 bits per heavy atom. The van der Waals surface area contributed by atoms with Crippen LogP contribution in [0.1, 0.15) is 56.3 Å². The topological polar surface area (TPSA) is 32.3 Å². The molecule has 1 aliphatic carbocycles. The van der Waals surface area contributed by atoms with Crippen molar-refractivity contribution >= 4 is 0 Å². The minimum atomic E-state index is 0.241. The van der Waals surface area contributed by atoms with Gasteiger partial charge >= 0.3 is 0 Å². The molecule has 1 aromatic carbocycles. The number of aliphatic hydroxyl groups excluding tert-OH is 1. The van der Waals surface area contributed by atoms with Gasteiger partial charge in [0, 0.05) is 18.7 Å². The van der Waals surface area contributed by atoms with Crippen molar-refractivity contribution in [2.45, 2.75) is 58.5 Å². The minimum absolute atomic E-state index is 0.241. The number of rotatable bonds is 5. The number of aliphatic hydroxyl groups is 1. The fourth-order valence-corrected chi connectivity index (χ4v) is 2.84. The first-order valence-electron chi connectivity index (χ1n) is 7.60. The van der Waals surface area contributed by atoms with Crippen LogP contribution in [0.3, 0.4) is 0 Å². The van der Waals surface area contributed by atoms with Gasteiger partial charge in [-0.3, -0.25) is 0 Å². The molecule has 106 valence electrons. The molecule has 3 unspecified atom stereocenters. The SMILES string of the molecule is CC(NC(C)C(C)CO)c1ccc2c(c1)CCCC2. The van der Waals surface area contributed by atoms with Crippen LogP contribution in [0.25, 0.3) is 0 Å². The van der Waals surface area contributed by atoms with Gasteiger partial charge in [-0.2, -0.15) is 0 Å². The lowest BCUT2D eigenvalue weighted by Gasteiger charge is -2.25. The van der Waals surface area contributed by atoms with Crippen molar-refractivity contribution in [1.82, 2.24) is 5.32 Å². The summed E-state index contributed by atoms with van der Waals surface area (Å²) in [7, 11) is 0. The third kappa shape index (κ3) is 3.58. The normalized spacial score (nSPS) is 19.6. The quantitative estimate of drug-likeness (QED) is 0.853. The highest BCUT2D eigenvalue weighted by atomic mass is 16.3. The van der Waals surface area contributed by atoms with Gasteiger partial charge in [0.1, 0.15) is 0 Å². The molecule has 2 heteroatoms. The lowest BCUT2D eigenvalue weighted by Crippen LogP contribution is -2.35. The monoisotopic (exact) mass is 261 g/mol. The van der Waals surface area contributed by atoms with Gasteiger partial charge in [-0.1, -0.05) is 25.1 Å². The summed E-state index contributed by atoms with van der Waals surface area (Å²) < 4.78 is 0.